The maximum atomic E-state index is 12.9. The number of esters is 1. The summed E-state index contributed by atoms with van der Waals surface area (Å²) in [7, 11) is 0. The fourth-order valence-corrected chi connectivity index (χ4v) is 7.06. The van der Waals surface area contributed by atoms with Crippen LogP contribution in [0.15, 0.2) is 0 Å². The smallest absolute Gasteiger partial charge is 0.312 e. The van der Waals surface area contributed by atoms with Crippen LogP contribution in [-0.4, -0.2) is 23.8 Å². The number of carbonyl (C=O) groups is 1. The lowest BCUT2D eigenvalue weighted by atomic mass is 9.48. The van der Waals surface area contributed by atoms with Gasteiger partial charge in [-0.15, -0.1) is 0 Å². The maximum Gasteiger partial charge on any atom is 0.312 e. The number of hydrogen-bond donors (Lipinski definition) is 0. The van der Waals surface area contributed by atoms with Gasteiger partial charge in [-0.3, -0.25) is 4.79 Å². The molecule has 0 aromatic rings. The molecule has 0 aliphatic heterocycles. The van der Waals surface area contributed by atoms with Crippen molar-refractivity contribution in [3.8, 4) is 0 Å². The molecular formula is C24H40O3. The molecule has 0 N–H and O–H groups in total. The lowest BCUT2D eigenvalue weighted by Crippen LogP contribution is -2.59. The molecule has 4 bridgehead atoms. The standard InChI is InChI=1S/C24H40O3/c1-5-21(3,4)20(25)27-24-14-18-11-19(15-24)13-22(12-18,16-24)17-26-23(6-2)9-7-8-10-23/h18-19H,5-17H2,1-4H3. The first kappa shape index (κ1) is 19.7. The fourth-order valence-electron chi connectivity index (χ4n) is 7.06. The van der Waals surface area contributed by atoms with Crippen LogP contribution in [0.2, 0.25) is 0 Å². The summed E-state index contributed by atoms with van der Waals surface area (Å²) >= 11 is 0. The zero-order valence-electron chi connectivity index (χ0n) is 18.1. The van der Waals surface area contributed by atoms with Gasteiger partial charge < -0.3 is 9.47 Å². The van der Waals surface area contributed by atoms with Crippen LogP contribution < -0.4 is 0 Å². The molecule has 0 heterocycles. The first-order chi connectivity index (χ1) is 12.7. The third kappa shape index (κ3) is 3.58. The minimum Gasteiger partial charge on any atom is -0.459 e. The van der Waals surface area contributed by atoms with Crippen molar-refractivity contribution in [1.82, 2.24) is 0 Å². The van der Waals surface area contributed by atoms with E-state index in [-0.39, 0.29) is 28.0 Å². The zero-order chi connectivity index (χ0) is 19.3. The summed E-state index contributed by atoms with van der Waals surface area (Å²) in [6.07, 6.45) is 14.2. The molecule has 0 aromatic heterocycles. The van der Waals surface area contributed by atoms with E-state index in [2.05, 4.69) is 13.8 Å². The molecule has 0 saturated heterocycles. The van der Waals surface area contributed by atoms with Crippen molar-refractivity contribution in [3.63, 3.8) is 0 Å². The van der Waals surface area contributed by atoms with Crippen LogP contribution in [0, 0.1) is 22.7 Å². The van der Waals surface area contributed by atoms with Gasteiger partial charge in [-0.05, 0) is 95.3 Å². The Morgan fingerprint density at radius 1 is 1.04 bits per heavy atom. The van der Waals surface area contributed by atoms with Gasteiger partial charge in [0.2, 0.25) is 0 Å². The van der Waals surface area contributed by atoms with E-state index < -0.39 is 0 Å². The van der Waals surface area contributed by atoms with Gasteiger partial charge in [0, 0.05) is 0 Å². The number of rotatable bonds is 7. The minimum atomic E-state index is -0.372. The van der Waals surface area contributed by atoms with Crippen molar-refractivity contribution in [2.45, 2.75) is 116 Å². The third-order valence-corrected chi connectivity index (χ3v) is 8.72. The van der Waals surface area contributed by atoms with Gasteiger partial charge in [-0.1, -0.05) is 26.7 Å². The Morgan fingerprint density at radius 2 is 1.67 bits per heavy atom. The largest absolute Gasteiger partial charge is 0.459 e. The molecule has 5 fully saturated rings. The number of carbonyl (C=O) groups excluding carboxylic acids is 1. The number of hydrogen-bond acceptors (Lipinski definition) is 3. The summed E-state index contributed by atoms with van der Waals surface area (Å²) < 4.78 is 13.1. The number of ether oxygens (including phenoxy) is 2. The highest BCUT2D eigenvalue weighted by molar-refractivity contribution is 5.76. The van der Waals surface area contributed by atoms with E-state index in [1.165, 1.54) is 44.9 Å². The van der Waals surface area contributed by atoms with E-state index in [1.807, 2.05) is 13.8 Å². The highest BCUT2D eigenvalue weighted by Crippen LogP contribution is 2.63. The predicted octanol–water partition coefficient (Wildman–Crippen LogP) is 6.04. The molecule has 5 aliphatic carbocycles. The van der Waals surface area contributed by atoms with Crippen molar-refractivity contribution in [2.75, 3.05) is 6.61 Å². The van der Waals surface area contributed by atoms with Crippen molar-refractivity contribution < 1.29 is 14.3 Å². The molecule has 0 aromatic carbocycles. The third-order valence-electron chi connectivity index (χ3n) is 8.72. The van der Waals surface area contributed by atoms with Gasteiger partial charge in [-0.2, -0.15) is 0 Å². The Morgan fingerprint density at radius 3 is 2.22 bits per heavy atom. The first-order valence-corrected chi connectivity index (χ1v) is 11.6. The quantitative estimate of drug-likeness (QED) is 0.508. The second kappa shape index (κ2) is 6.75. The predicted molar refractivity (Wildman–Crippen MR) is 107 cm³/mol. The average Bonchev–Trinajstić information content (AvgIpc) is 3.08. The molecule has 2 atom stereocenters. The van der Waals surface area contributed by atoms with Crippen LogP contribution in [-0.2, 0) is 14.3 Å². The Bertz CT molecular complexity index is 558. The maximum absolute atomic E-state index is 12.9. The molecule has 2 unspecified atom stereocenters. The summed E-state index contributed by atoms with van der Waals surface area (Å²) in [6, 6.07) is 0. The van der Waals surface area contributed by atoms with Crippen LogP contribution in [0.1, 0.15) is 105 Å². The monoisotopic (exact) mass is 376 g/mol. The van der Waals surface area contributed by atoms with Crippen molar-refractivity contribution in [1.29, 1.82) is 0 Å². The topological polar surface area (TPSA) is 35.5 Å². The minimum absolute atomic E-state index is 0.0174. The lowest BCUT2D eigenvalue weighted by molar-refractivity contribution is -0.223. The second-order valence-electron chi connectivity index (χ2n) is 11.3. The van der Waals surface area contributed by atoms with Crippen LogP contribution in [0.4, 0.5) is 0 Å². The molecule has 5 saturated carbocycles. The lowest BCUT2D eigenvalue weighted by Gasteiger charge is -2.61. The first-order valence-electron chi connectivity index (χ1n) is 11.6. The summed E-state index contributed by atoms with van der Waals surface area (Å²) in [5.41, 5.74) is -0.183. The second-order valence-corrected chi connectivity index (χ2v) is 11.3. The molecular weight excluding hydrogens is 336 g/mol. The zero-order valence-corrected chi connectivity index (χ0v) is 18.1. The summed E-state index contributed by atoms with van der Waals surface area (Å²) in [5, 5.41) is 0. The van der Waals surface area contributed by atoms with Gasteiger partial charge in [0.05, 0.1) is 17.6 Å². The summed E-state index contributed by atoms with van der Waals surface area (Å²) in [5.74, 6) is 1.48. The molecule has 0 spiro atoms. The van der Waals surface area contributed by atoms with Gasteiger partial charge in [-0.25, -0.2) is 0 Å². The van der Waals surface area contributed by atoms with Crippen molar-refractivity contribution in [2.24, 2.45) is 22.7 Å². The van der Waals surface area contributed by atoms with Gasteiger partial charge >= 0.3 is 5.97 Å². The van der Waals surface area contributed by atoms with E-state index in [0.717, 1.165) is 50.5 Å². The molecule has 5 rings (SSSR count). The SMILES string of the molecule is CCC1(OCC23CC4CC(C2)CC(OC(=O)C(C)(C)CC)(C4)C3)CCCC1. The van der Waals surface area contributed by atoms with Gasteiger partial charge in [0.1, 0.15) is 5.60 Å². The fraction of sp³-hybridized carbons (Fsp3) is 0.958. The van der Waals surface area contributed by atoms with Gasteiger partial charge in [0.15, 0.2) is 0 Å². The van der Waals surface area contributed by atoms with Crippen molar-refractivity contribution >= 4 is 5.97 Å². The molecule has 0 radical (unpaired) electrons. The van der Waals surface area contributed by atoms with E-state index in [1.54, 1.807) is 0 Å². The summed E-state index contributed by atoms with van der Waals surface area (Å²) in [6.45, 7) is 9.33. The Kier molecular flexibility index (Phi) is 4.93. The average molecular weight is 377 g/mol. The Balaban J connectivity index is 1.49. The summed E-state index contributed by atoms with van der Waals surface area (Å²) in [4.78, 5) is 12.9. The molecule has 0 amide bonds. The normalized spacial score (nSPS) is 39.7. The van der Waals surface area contributed by atoms with Crippen LogP contribution in [0.25, 0.3) is 0 Å². The van der Waals surface area contributed by atoms with E-state index >= 15 is 0 Å². The van der Waals surface area contributed by atoms with Crippen LogP contribution >= 0.6 is 0 Å². The molecule has 5 aliphatic rings. The van der Waals surface area contributed by atoms with Crippen molar-refractivity contribution in [3.05, 3.63) is 0 Å². The van der Waals surface area contributed by atoms with E-state index in [9.17, 15) is 4.79 Å². The highest BCUT2D eigenvalue weighted by Gasteiger charge is 2.60. The van der Waals surface area contributed by atoms with Gasteiger partial charge in [0.25, 0.3) is 0 Å². The van der Waals surface area contributed by atoms with Crippen LogP contribution in [0.3, 0.4) is 0 Å². The molecule has 3 nitrogen and oxygen atoms in total. The Hall–Kier alpha value is -0.570. The molecule has 3 heteroatoms. The van der Waals surface area contributed by atoms with E-state index in [4.69, 9.17) is 9.47 Å². The molecule has 154 valence electrons. The Labute approximate surface area is 165 Å². The highest BCUT2D eigenvalue weighted by atomic mass is 16.6. The van der Waals surface area contributed by atoms with Crippen LogP contribution in [0.5, 0.6) is 0 Å². The molecule has 27 heavy (non-hydrogen) atoms. The van der Waals surface area contributed by atoms with E-state index in [0.29, 0.717) is 0 Å².